The van der Waals surface area contributed by atoms with Crippen LogP contribution in [0.4, 0.5) is 0 Å². The van der Waals surface area contributed by atoms with Gasteiger partial charge >= 0.3 is 0 Å². The fourth-order valence-electron chi connectivity index (χ4n) is 3.43. The number of carbonyl (C=O) groups is 2. The minimum atomic E-state index is -1.27. The maximum Gasteiger partial charge on any atom is 0.272 e. The van der Waals surface area contributed by atoms with E-state index in [2.05, 4.69) is 26.0 Å². The van der Waals surface area contributed by atoms with Crippen LogP contribution in [0.15, 0.2) is 82.7 Å². The summed E-state index contributed by atoms with van der Waals surface area (Å²) in [6, 6.07) is 18.3. The first-order chi connectivity index (χ1) is 17.0. The predicted octanol–water partition coefficient (Wildman–Crippen LogP) is 2.26. The average Bonchev–Trinajstić information content (AvgIpc) is 2.89. The molecular weight excluding hydrogens is 450 g/mol. The summed E-state index contributed by atoms with van der Waals surface area (Å²) in [6.45, 7) is 0. The van der Waals surface area contributed by atoms with Crippen LogP contribution in [0.5, 0.6) is 11.5 Å². The highest BCUT2D eigenvalue weighted by molar-refractivity contribution is 5.99. The normalized spacial score (nSPS) is 11.8. The second-order valence-corrected chi connectivity index (χ2v) is 7.42. The van der Waals surface area contributed by atoms with Crippen LogP contribution in [-0.2, 0) is 4.79 Å². The Balaban J connectivity index is 1.65. The number of aromatic hydroxyl groups is 1. The van der Waals surface area contributed by atoms with E-state index in [9.17, 15) is 19.5 Å². The number of aromatic nitrogens is 2. The number of ether oxygens (including phenoxy) is 1. The van der Waals surface area contributed by atoms with Crippen molar-refractivity contribution in [3.63, 3.8) is 0 Å². The topological polar surface area (TPSA) is 146 Å². The SMILES string of the molecule is COc1cc(/C=N\NC(=O)[C@H](NC(=O)c2ccccc2)c2n[nH]c(=O)c3ccccc23)ccc1O. The van der Waals surface area contributed by atoms with Crippen LogP contribution in [0.2, 0.25) is 0 Å². The number of amides is 2. The summed E-state index contributed by atoms with van der Waals surface area (Å²) in [7, 11) is 1.42. The molecular formula is C25H21N5O5. The number of phenolic OH excluding ortho intramolecular Hbond substituents is 1. The van der Waals surface area contributed by atoms with Crippen LogP contribution in [0.1, 0.15) is 27.7 Å². The van der Waals surface area contributed by atoms with Gasteiger partial charge in [-0.25, -0.2) is 10.5 Å². The van der Waals surface area contributed by atoms with Gasteiger partial charge in [0.05, 0.1) is 18.7 Å². The lowest BCUT2D eigenvalue weighted by atomic mass is 10.0. The zero-order chi connectivity index (χ0) is 24.8. The Morgan fingerprint density at radius 2 is 1.77 bits per heavy atom. The summed E-state index contributed by atoms with van der Waals surface area (Å²) < 4.78 is 5.06. The lowest BCUT2D eigenvalue weighted by molar-refractivity contribution is -0.123. The number of fused-ring (bicyclic) bond motifs is 1. The number of hydrazone groups is 1. The van der Waals surface area contributed by atoms with E-state index in [0.29, 0.717) is 21.9 Å². The van der Waals surface area contributed by atoms with E-state index in [-0.39, 0.29) is 17.2 Å². The molecule has 10 heteroatoms. The summed E-state index contributed by atoms with van der Waals surface area (Å²) in [5, 5.41) is 23.5. The number of hydrogen-bond acceptors (Lipinski definition) is 7. The van der Waals surface area contributed by atoms with Crippen molar-refractivity contribution in [2.24, 2.45) is 5.10 Å². The lowest BCUT2D eigenvalue weighted by Gasteiger charge is -2.18. The summed E-state index contributed by atoms with van der Waals surface area (Å²) in [5.74, 6) is -0.971. The Bertz CT molecular complexity index is 1470. The van der Waals surface area contributed by atoms with Gasteiger partial charge in [-0.3, -0.25) is 14.4 Å². The molecule has 0 saturated carbocycles. The molecule has 4 aromatic rings. The Morgan fingerprint density at radius 3 is 2.51 bits per heavy atom. The second-order valence-electron chi connectivity index (χ2n) is 7.42. The number of methoxy groups -OCH3 is 1. The quantitative estimate of drug-likeness (QED) is 0.240. The largest absolute Gasteiger partial charge is 0.504 e. The van der Waals surface area contributed by atoms with Crippen LogP contribution in [0.3, 0.4) is 0 Å². The number of hydrogen-bond donors (Lipinski definition) is 4. The first-order valence-corrected chi connectivity index (χ1v) is 10.5. The third-order valence-electron chi connectivity index (χ3n) is 5.16. The summed E-state index contributed by atoms with van der Waals surface area (Å²) in [5.41, 5.74) is 3.03. The molecule has 0 spiro atoms. The number of aromatic amines is 1. The predicted molar refractivity (Wildman–Crippen MR) is 129 cm³/mol. The van der Waals surface area contributed by atoms with Crippen molar-refractivity contribution in [2.75, 3.05) is 7.11 Å². The molecule has 0 fully saturated rings. The summed E-state index contributed by atoms with van der Waals surface area (Å²) in [4.78, 5) is 38.3. The molecule has 0 aliphatic heterocycles. The lowest BCUT2D eigenvalue weighted by Crippen LogP contribution is -2.40. The third kappa shape index (κ3) is 5.17. The van der Waals surface area contributed by atoms with Crippen LogP contribution in [0, 0.1) is 0 Å². The molecule has 1 atom stereocenters. The number of nitrogens with one attached hydrogen (secondary N) is 3. The minimum Gasteiger partial charge on any atom is -0.504 e. The molecule has 10 nitrogen and oxygen atoms in total. The number of carbonyl (C=O) groups excluding carboxylic acids is 2. The van der Waals surface area contributed by atoms with Crippen molar-refractivity contribution in [3.8, 4) is 11.5 Å². The van der Waals surface area contributed by atoms with Gasteiger partial charge in [-0.1, -0.05) is 36.4 Å². The highest BCUT2D eigenvalue weighted by Crippen LogP contribution is 2.25. The molecule has 0 bridgehead atoms. The fraction of sp³-hybridized carbons (Fsp3) is 0.0800. The van der Waals surface area contributed by atoms with Gasteiger partial charge in [-0.05, 0) is 42.0 Å². The maximum absolute atomic E-state index is 13.2. The number of phenols is 1. The Kier molecular flexibility index (Phi) is 6.82. The smallest absolute Gasteiger partial charge is 0.272 e. The van der Waals surface area contributed by atoms with Gasteiger partial charge in [0.1, 0.15) is 5.69 Å². The van der Waals surface area contributed by atoms with Gasteiger partial charge in [-0.2, -0.15) is 10.2 Å². The van der Waals surface area contributed by atoms with E-state index < -0.39 is 23.4 Å². The van der Waals surface area contributed by atoms with Crippen LogP contribution in [-0.4, -0.2) is 40.4 Å². The number of rotatable bonds is 7. The summed E-state index contributed by atoms with van der Waals surface area (Å²) in [6.07, 6.45) is 1.36. The highest BCUT2D eigenvalue weighted by atomic mass is 16.5. The Hall–Kier alpha value is -4.99. The van der Waals surface area contributed by atoms with E-state index in [1.165, 1.54) is 25.5 Å². The molecule has 4 N–H and O–H groups in total. The van der Waals surface area contributed by atoms with Gasteiger partial charge in [0, 0.05) is 10.9 Å². The van der Waals surface area contributed by atoms with Crippen molar-refractivity contribution in [3.05, 3.63) is 100.0 Å². The molecule has 176 valence electrons. The van der Waals surface area contributed by atoms with Crippen molar-refractivity contribution in [1.82, 2.24) is 20.9 Å². The second kappa shape index (κ2) is 10.3. The van der Waals surface area contributed by atoms with Gasteiger partial charge < -0.3 is 15.2 Å². The first kappa shape index (κ1) is 23.2. The van der Waals surface area contributed by atoms with E-state index in [0.717, 1.165) is 0 Å². The molecule has 0 aliphatic carbocycles. The maximum atomic E-state index is 13.2. The van der Waals surface area contributed by atoms with Gasteiger partial charge in [-0.15, -0.1) is 0 Å². The zero-order valence-electron chi connectivity index (χ0n) is 18.6. The van der Waals surface area contributed by atoms with E-state index in [1.54, 1.807) is 60.7 Å². The van der Waals surface area contributed by atoms with Crippen molar-refractivity contribution in [2.45, 2.75) is 6.04 Å². The Labute approximate surface area is 199 Å². The van der Waals surface area contributed by atoms with Crippen LogP contribution < -0.4 is 21.0 Å². The molecule has 4 rings (SSSR count). The minimum absolute atomic E-state index is 0.0339. The van der Waals surface area contributed by atoms with E-state index in [1.807, 2.05) is 0 Å². The monoisotopic (exact) mass is 471 g/mol. The van der Waals surface area contributed by atoms with Crippen molar-refractivity contribution >= 4 is 28.8 Å². The fourth-order valence-corrected chi connectivity index (χ4v) is 3.43. The van der Waals surface area contributed by atoms with Gasteiger partial charge in [0.25, 0.3) is 17.4 Å². The molecule has 35 heavy (non-hydrogen) atoms. The number of nitrogens with zero attached hydrogens (tertiary/aromatic N) is 2. The number of benzene rings is 3. The average molecular weight is 471 g/mol. The summed E-state index contributed by atoms with van der Waals surface area (Å²) >= 11 is 0. The molecule has 0 aliphatic rings. The van der Waals surface area contributed by atoms with Crippen molar-refractivity contribution in [1.29, 1.82) is 0 Å². The van der Waals surface area contributed by atoms with Gasteiger partial charge in [0.15, 0.2) is 17.5 Å². The highest BCUT2D eigenvalue weighted by Gasteiger charge is 2.27. The molecule has 0 unspecified atom stereocenters. The molecule has 1 heterocycles. The third-order valence-corrected chi connectivity index (χ3v) is 5.16. The van der Waals surface area contributed by atoms with Crippen LogP contribution in [0.25, 0.3) is 10.8 Å². The number of H-pyrrole nitrogens is 1. The van der Waals surface area contributed by atoms with Gasteiger partial charge in [0.2, 0.25) is 0 Å². The van der Waals surface area contributed by atoms with E-state index >= 15 is 0 Å². The molecule has 0 saturated heterocycles. The molecule has 1 aromatic heterocycles. The molecule has 0 radical (unpaired) electrons. The standard InChI is InChI=1S/C25H21N5O5/c1-35-20-13-15(11-12-19(20)31)14-26-29-25(34)22(27-23(32)16-7-3-2-4-8-16)21-17-9-5-6-10-18(17)24(33)30-28-21/h2-14,22,31H,1H3,(H,27,32)(H,29,34)(H,30,33)/b26-14-/t22-/m1/s1. The van der Waals surface area contributed by atoms with Crippen molar-refractivity contribution < 1.29 is 19.4 Å². The van der Waals surface area contributed by atoms with E-state index in [4.69, 9.17) is 4.74 Å². The molecule has 3 aromatic carbocycles. The Morgan fingerprint density at radius 1 is 1.06 bits per heavy atom. The first-order valence-electron chi connectivity index (χ1n) is 10.5. The van der Waals surface area contributed by atoms with Crippen LogP contribution >= 0.6 is 0 Å². The molecule has 2 amide bonds. The zero-order valence-corrected chi connectivity index (χ0v) is 18.6.